The highest BCUT2D eigenvalue weighted by molar-refractivity contribution is 7.54. The van der Waals surface area contributed by atoms with E-state index in [1.54, 1.807) is 13.8 Å². The first kappa shape index (κ1) is 35.7. The summed E-state index contributed by atoms with van der Waals surface area (Å²) in [6.45, 7) is 14.6. The third-order valence-corrected chi connectivity index (χ3v) is 10.3. The maximum absolute atomic E-state index is 12.6. The number of rotatable bonds is 17. The van der Waals surface area contributed by atoms with Crippen LogP contribution in [0.25, 0.3) is 11.2 Å². The summed E-state index contributed by atoms with van der Waals surface area (Å²) in [5.41, 5.74) is 6.17. The number of nitrogens with one attached hydrogen (secondary N) is 1. The zero-order chi connectivity index (χ0) is 32.2. The molecule has 3 heterocycles. The van der Waals surface area contributed by atoms with Crippen molar-refractivity contribution in [3.63, 3.8) is 0 Å². The maximum Gasteiger partial charge on any atom is 0.359 e. The second-order valence-corrected chi connectivity index (χ2v) is 15.3. The number of ether oxygens (including phenoxy) is 2. The fourth-order valence-electron chi connectivity index (χ4n) is 4.86. The molecule has 0 saturated carbocycles. The number of nitrogens with zero attached hydrogens (tertiary/aromatic N) is 4. The van der Waals surface area contributed by atoms with E-state index < -0.39 is 43.6 Å². The van der Waals surface area contributed by atoms with Gasteiger partial charge in [0.1, 0.15) is 18.5 Å². The van der Waals surface area contributed by atoms with Crippen molar-refractivity contribution >= 4 is 24.6 Å². The normalized spacial score (nSPS) is 25.0. The summed E-state index contributed by atoms with van der Waals surface area (Å²) >= 11 is 0. The molecule has 7 N–H and O–H groups in total. The van der Waals surface area contributed by atoms with Crippen molar-refractivity contribution in [2.75, 3.05) is 25.0 Å². The van der Waals surface area contributed by atoms with Crippen LogP contribution in [0.15, 0.2) is 12.7 Å². The molecule has 14 nitrogen and oxygen atoms in total. The Kier molecular flexibility index (Phi) is 11.7. The fourth-order valence-corrected chi connectivity index (χ4v) is 6.06. The number of hydrogen-bond acceptors (Lipinski definition) is 12. The number of aliphatic hydroxyl groups is 3. The van der Waals surface area contributed by atoms with Crippen LogP contribution in [-0.2, 0) is 18.6 Å². The van der Waals surface area contributed by atoms with Gasteiger partial charge in [-0.05, 0) is 65.3 Å². The lowest BCUT2D eigenvalue weighted by molar-refractivity contribution is -0.0471. The van der Waals surface area contributed by atoms with Gasteiger partial charge in [-0.1, -0.05) is 20.8 Å². The predicted molar refractivity (Wildman–Crippen MR) is 162 cm³/mol. The molecular formula is C28H51N6O8P. The molecule has 246 valence electrons. The minimum Gasteiger partial charge on any atom is -0.388 e. The van der Waals surface area contributed by atoms with E-state index >= 15 is 0 Å². The van der Waals surface area contributed by atoms with Gasteiger partial charge in [0, 0.05) is 19.6 Å². The standard InChI is InChI=1S/C28H51N6O8P/c1-8-28(7,37)43(38,39)42-18(2)14-19-21(35)22(36)25(41-19)34-17-33-20-23(31-16-32-24(20)34)30-15-26(3,4)11-13-40-27(5,6)10-9-12-29/h16-19,21-22,25,35-37H,8-15,29H2,1-7H3,(H,38,39)(H,30,31,32)/t18?,19?,21-,22-,25-,28?/m1/s1. The minimum atomic E-state index is -4.38. The van der Waals surface area contributed by atoms with E-state index in [9.17, 15) is 24.8 Å². The van der Waals surface area contributed by atoms with Crippen LogP contribution in [0.1, 0.15) is 86.8 Å². The first-order chi connectivity index (χ1) is 19.9. The summed E-state index contributed by atoms with van der Waals surface area (Å²) in [5, 5.41) is 33.3. The number of imidazole rings is 1. The molecule has 0 radical (unpaired) electrons. The molecule has 2 aromatic heterocycles. The molecule has 15 heteroatoms. The smallest absolute Gasteiger partial charge is 0.359 e. The Bertz CT molecular complexity index is 1240. The van der Waals surface area contributed by atoms with Crippen molar-refractivity contribution in [3.8, 4) is 0 Å². The Labute approximate surface area is 253 Å². The van der Waals surface area contributed by atoms with Gasteiger partial charge in [0.2, 0.25) is 0 Å². The monoisotopic (exact) mass is 630 g/mol. The first-order valence-corrected chi connectivity index (χ1v) is 16.5. The molecule has 0 amide bonds. The second-order valence-electron chi connectivity index (χ2n) is 13.1. The molecule has 1 aliphatic rings. The summed E-state index contributed by atoms with van der Waals surface area (Å²) in [7, 11) is -4.38. The van der Waals surface area contributed by atoms with E-state index in [4.69, 9.17) is 19.7 Å². The van der Waals surface area contributed by atoms with Crippen molar-refractivity contribution in [2.24, 2.45) is 11.1 Å². The summed E-state index contributed by atoms with van der Waals surface area (Å²) in [4.78, 5) is 23.4. The topological polar surface area (TPSA) is 207 Å². The molecule has 2 aromatic rings. The number of aliphatic hydroxyl groups excluding tert-OH is 2. The van der Waals surface area contributed by atoms with Gasteiger partial charge in [0.25, 0.3) is 0 Å². The lowest BCUT2D eigenvalue weighted by Gasteiger charge is -2.30. The van der Waals surface area contributed by atoms with Crippen molar-refractivity contribution in [2.45, 2.75) is 122 Å². The van der Waals surface area contributed by atoms with Gasteiger partial charge < -0.3 is 45.3 Å². The molecule has 1 fully saturated rings. The highest BCUT2D eigenvalue weighted by Gasteiger charge is 2.47. The Morgan fingerprint density at radius 1 is 1.16 bits per heavy atom. The van der Waals surface area contributed by atoms with Gasteiger partial charge in [-0.25, -0.2) is 15.0 Å². The zero-order valence-corrected chi connectivity index (χ0v) is 27.3. The molecule has 3 rings (SSSR count). The van der Waals surface area contributed by atoms with Gasteiger partial charge in [-0.3, -0.25) is 9.13 Å². The Morgan fingerprint density at radius 3 is 2.51 bits per heavy atom. The van der Waals surface area contributed by atoms with Crippen molar-refractivity contribution in [1.82, 2.24) is 19.5 Å². The molecule has 43 heavy (non-hydrogen) atoms. The highest BCUT2D eigenvalue weighted by atomic mass is 31.2. The summed E-state index contributed by atoms with van der Waals surface area (Å²) in [6.07, 6.45) is 0.0922. The Balaban J connectivity index is 1.65. The van der Waals surface area contributed by atoms with Gasteiger partial charge in [0.15, 0.2) is 28.6 Å². The van der Waals surface area contributed by atoms with E-state index in [1.165, 1.54) is 24.1 Å². The molecule has 7 atom stereocenters. The van der Waals surface area contributed by atoms with Crippen molar-refractivity contribution in [3.05, 3.63) is 12.7 Å². The van der Waals surface area contributed by atoms with Crippen LogP contribution >= 0.6 is 7.60 Å². The molecule has 0 bridgehead atoms. The van der Waals surface area contributed by atoms with Crippen LogP contribution < -0.4 is 11.1 Å². The molecule has 0 spiro atoms. The second kappa shape index (κ2) is 14.1. The molecule has 1 saturated heterocycles. The van der Waals surface area contributed by atoms with Crippen LogP contribution in [0, 0.1) is 5.41 Å². The number of nitrogens with two attached hydrogens (primary N) is 1. The van der Waals surface area contributed by atoms with Gasteiger partial charge in [-0.2, -0.15) is 0 Å². The number of aromatic nitrogens is 4. The van der Waals surface area contributed by atoms with E-state index in [1.807, 2.05) is 0 Å². The number of anilines is 1. The van der Waals surface area contributed by atoms with Crippen LogP contribution in [-0.4, -0.2) is 94.8 Å². The lowest BCUT2D eigenvalue weighted by atomic mass is 9.89. The first-order valence-electron chi connectivity index (χ1n) is 14.9. The van der Waals surface area contributed by atoms with E-state index in [-0.39, 0.29) is 23.9 Å². The largest absolute Gasteiger partial charge is 0.388 e. The van der Waals surface area contributed by atoms with Crippen LogP contribution in [0.3, 0.4) is 0 Å². The Hall–Kier alpha value is -1.74. The highest BCUT2D eigenvalue weighted by Crippen LogP contribution is 2.56. The summed E-state index contributed by atoms with van der Waals surface area (Å²) < 4.78 is 31.5. The third-order valence-electron chi connectivity index (χ3n) is 8.12. The van der Waals surface area contributed by atoms with E-state index in [0.29, 0.717) is 36.7 Å². The molecule has 0 aliphatic carbocycles. The lowest BCUT2D eigenvalue weighted by Crippen LogP contribution is -2.34. The average molecular weight is 631 g/mol. The molecular weight excluding hydrogens is 579 g/mol. The van der Waals surface area contributed by atoms with Crippen molar-refractivity contribution in [1.29, 1.82) is 0 Å². The van der Waals surface area contributed by atoms with Crippen LogP contribution in [0.4, 0.5) is 5.82 Å². The summed E-state index contributed by atoms with van der Waals surface area (Å²) in [6, 6.07) is 0. The minimum absolute atomic E-state index is 0.00348. The van der Waals surface area contributed by atoms with E-state index in [2.05, 4.69) is 48.0 Å². The van der Waals surface area contributed by atoms with Crippen LogP contribution in [0.2, 0.25) is 0 Å². The SMILES string of the molecule is CCC(C)(O)P(=O)(O)OC(C)CC1O[C@@H](n2cnc3c(NCC(C)(C)CCOC(C)(C)CCCN)ncnc32)[C@H](O)[C@@H]1O. The van der Waals surface area contributed by atoms with E-state index in [0.717, 1.165) is 19.3 Å². The summed E-state index contributed by atoms with van der Waals surface area (Å²) in [5.74, 6) is 0.523. The molecule has 1 aliphatic heterocycles. The van der Waals surface area contributed by atoms with Crippen LogP contribution in [0.5, 0.6) is 0 Å². The van der Waals surface area contributed by atoms with Crippen molar-refractivity contribution < 1.29 is 38.8 Å². The molecule has 0 aromatic carbocycles. The maximum atomic E-state index is 12.6. The van der Waals surface area contributed by atoms with Gasteiger partial charge in [-0.15, -0.1) is 0 Å². The Morgan fingerprint density at radius 2 is 1.86 bits per heavy atom. The average Bonchev–Trinajstić information content (AvgIpc) is 3.47. The number of fused-ring (bicyclic) bond motifs is 1. The number of hydrogen-bond donors (Lipinski definition) is 6. The van der Waals surface area contributed by atoms with Gasteiger partial charge >= 0.3 is 7.60 Å². The fraction of sp³-hybridized carbons (Fsp3) is 0.821. The third kappa shape index (κ3) is 8.93. The molecule has 4 unspecified atom stereocenters. The quantitative estimate of drug-likeness (QED) is 0.139. The zero-order valence-electron chi connectivity index (χ0n) is 26.4. The van der Waals surface area contributed by atoms with Gasteiger partial charge in [0.05, 0.1) is 24.1 Å². The predicted octanol–water partition coefficient (Wildman–Crippen LogP) is 2.91.